The van der Waals surface area contributed by atoms with Gasteiger partial charge in [-0.15, -0.1) is 0 Å². The summed E-state index contributed by atoms with van der Waals surface area (Å²) in [5, 5.41) is 0. The van der Waals surface area contributed by atoms with E-state index in [1.165, 1.54) is 0 Å². The summed E-state index contributed by atoms with van der Waals surface area (Å²) in [6.45, 7) is 0. The molecule has 0 aromatic heterocycles. The molecule has 0 aliphatic rings. The van der Waals surface area contributed by atoms with Crippen LogP contribution in [-0.4, -0.2) is 53.8 Å². The summed E-state index contributed by atoms with van der Waals surface area (Å²) in [6, 6.07) is 0. The molecule has 0 fully saturated rings. The third-order valence-corrected chi connectivity index (χ3v) is 0. The van der Waals surface area contributed by atoms with E-state index < -0.39 is 0 Å². The zero-order chi connectivity index (χ0) is 0. The van der Waals surface area contributed by atoms with Gasteiger partial charge in [0.05, 0.1) is 0 Å². The fourth-order valence-electron chi connectivity index (χ4n) is 0. The van der Waals surface area contributed by atoms with Crippen LogP contribution in [0.4, 0.5) is 0 Å². The predicted molar refractivity (Wildman–Crippen MR) is 29.3 cm³/mol. The first kappa shape index (κ1) is 35.4. The standard InChI is InChI=1S/Cu.Ga.Mg.H4Si.5H/h;;;1H4;;;;;/q;;+2;;;;;2*-1. The Labute approximate surface area is 73.2 Å². The van der Waals surface area contributed by atoms with Crippen LogP contribution in [0, 0.1) is 0 Å². The van der Waals surface area contributed by atoms with E-state index >= 15 is 0 Å². The summed E-state index contributed by atoms with van der Waals surface area (Å²) >= 11 is 0. The van der Waals surface area contributed by atoms with Crippen molar-refractivity contribution in [2.45, 2.75) is 0 Å². The largest absolute Gasteiger partial charge is 2.00 e. The molecule has 0 saturated carbocycles. The fraction of sp³-hybridized carbons (Fsp3) is 0. The SMILES string of the molecule is [Cu].[GaH3].[H-].[H-].[Mg+2].[SiH4]. The first-order chi connectivity index (χ1) is 0. The van der Waals surface area contributed by atoms with Crippen LogP contribution < -0.4 is 0 Å². The molecule has 1 radical (unpaired) electrons. The summed E-state index contributed by atoms with van der Waals surface area (Å²) in [4.78, 5) is 0. The summed E-state index contributed by atoms with van der Waals surface area (Å²) in [5.41, 5.74) is 0. The normalized spacial score (nSPS) is 0. The number of hydrogen-bond donors (Lipinski definition) is 0. The Morgan fingerprint density at radius 1 is 1.25 bits per heavy atom. The van der Waals surface area contributed by atoms with Crippen LogP contribution in [0.1, 0.15) is 2.85 Å². The van der Waals surface area contributed by atoms with Gasteiger partial charge in [0.1, 0.15) is 0 Å². The van der Waals surface area contributed by atoms with Gasteiger partial charge in [-0.3, -0.25) is 0 Å². The molecule has 0 bridgehead atoms. The van der Waals surface area contributed by atoms with Crippen LogP contribution in [0.3, 0.4) is 0 Å². The molecule has 0 aliphatic heterocycles. The van der Waals surface area contributed by atoms with E-state index in [1.807, 2.05) is 0 Å². The van der Waals surface area contributed by atoms with Crippen molar-refractivity contribution >= 4 is 53.8 Å². The molecule has 0 amide bonds. The van der Waals surface area contributed by atoms with E-state index in [2.05, 4.69) is 0 Å². The van der Waals surface area contributed by atoms with Crippen molar-refractivity contribution in [3.8, 4) is 0 Å². The maximum atomic E-state index is 0. The molecule has 0 N–H and O–H groups in total. The van der Waals surface area contributed by atoms with Gasteiger partial charge in [-0.05, 0) is 11.0 Å². The van der Waals surface area contributed by atoms with Crippen molar-refractivity contribution in [1.29, 1.82) is 0 Å². The Morgan fingerprint density at radius 3 is 1.25 bits per heavy atom. The average molecular weight is 195 g/mol. The molecule has 0 aromatic carbocycles. The van der Waals surface area contributed by atoms with E-state index in [0.29, 0.717) is 0 Å². The molecule has 0 nitrogen and oxygen atoms in total. The first-order valence-electron chi connectivity index (χ1n) is 0. The molecule has 0 heterocycles. The van der Waals surface area contributed by atoms with Crippen molar-refractivity contribution in [1.82, 2.24) is 0 Å². The third kappa shape index (κ3) is 8.91. The van der Waals surface area contributed by atoms with Gasteiger partial charge in [0.15, 0.2) is 0 Å². The molecule has 0 atom stereocenters. The Kier molecular flexibility index (Phi) is 170. The maximum absolute atomic E-state index is 0. The second kappa shape index (κ2) is 19.2. The van der Waals surface area contributed by atoms with Crippen molar-refractivity contribution in [2.24, 2.45) is 0 Å². The predicted octanol–water partition coefficient (Wildman–Crippen LogP) is -2.79. The molecule has 0 aromatic rings. The minimum atomic E-state index is 0. The summed E-state index contributed by atoms with van der Waals surface area (Å²) in [7, 11) is 0. The topological polar surface area (TPSA) is 0 Å². The quantitative estimate of drug-likeness (QED) is 0.366. The van der Waals surface area contributed by atoms with Gasteiger partial charge >= 0.3 is 42.8 Å². The average Bonchev–Trinajstić information content (AvgIpc) is 0. The molecule has 4 heavy (non-hydrogen) atoms. The van der Waals surface area contributed by atoms with E-state index in [1.54, 1.807) is 0 Å². The van der Waals surface area contributed by atoms with Gasteiger partial charge in [0.2, 0.25) is 0 Å². The van der Waals surface area contributed by atoms with Gasteiger partial charge in [-0.25, -0.2) is 0 Å². The minimum Gasteiger partial charge on any atom is -1.00 e. The molecule has 4 heteroatoms. The van der Waals surface area contributed by atoms with E-state index in [0.717, 1.165) is 0 Å². The van der Waals surface area contributed by atoms with Crippen molar-refractivity contribution in [3.05, 3.63) is 0 Å². The van der Waals surface area contributed by atoms with Crippen LogP contribution in [0.25, 0.3) is 0 Å². The number of hydrogen-bond acceptors (Lipinski definition) is 0. The Balaban J connectivity index is 0. The van der Waals surface area contributed by atoms with Crippen molar-refractivity contribution < 1.29 is 19.9 Å². The molecule has 0 rings (SSSR count). The fourth-order valence-corrected chi connectivity index (χ4v) is 0. The van der Waals surface area contributed by atoms with Crippen LogP contribution in [0.2, 0.25) is 0 Å². The second-order valence-corrected chi connectivity index (χ2v) is 0. The van der Waals surface area contributed by atoms with Crippen molar-refractivity contribution in [2.75, 3.05) is 0 Å². The van der Waals surface area contributed by atoms with Crippen molar-refractivity contribution in [3.63, 3.8) is 0 Å². The minimum absolute atomic E-state index is 0. The summed E-state index contributed by atoms with van der Waals surface area (Å²) in [6.07, 6.45) is 0. The van der Waals surface area contributed by atoms with Crippen LogP contribution >= 0.6 is 0 Å². The number of rotatable bonds is 0. The molecule has 29 valence electrons. The van der Waals surface area contributed by atoms with Gasteiger partial charge in [-0.1, -0.05) is 0 Å². The van der Waals surface area contributed by atoms with Gasteiger partial charge in [0.25, 0.3) is 0 Å². The van der Waals surface area contributed by atoms with Gasteiger partial charge in [-0.2, -0.15) is 0 Å². The van der Waals surface area contributed by atoms with Crippen LogP contribution in [0.5, 0.6) is 0 Å². The summed E-state index contributed by atoms with van der Waals surface area (Å²) in [5.74, 6) is 0. The Hall–Kier alpha value is 2.14. The maximum Gasteiger partial charge on any atom is 2.00 e. The first-order valence-corrected chi connectivity index (χ1v) is 0. The zero-order valence-corrected chi connectivity index (χ0v) is 3.36. The van der Waals surface area contributed by atoms with E-state index in [9.17, 15) is 0 Å². The van der Waals surface area contributed by atoms with Crippen LogP contribution in [-0.2, 0) is 17.1 Å². The molecule has 0 unspecified atom stereocenters. The molecule has 0 spiro atoms. The van der Waals surface area contributed by atoms with Gasteiger partial charge in [0, 0.05) is 17.1 Å². The smallest absolute Gasteiger partial charge is 1.00 e. The van der Waals surface area contributed by atoms with E-state index in [4.69, 9.17) is 0 Å². The zero-order valence-electron chi connectivity index (χ0n) is 3.01. The third-order valence-electron chi connectivity index (χ3n) is 0. The second-order valence-electron chi connectivity index (χ2n) is 0. The monoisotopic (exact) mass is 193 g/mol. The molecular weight excluding hydrogens is 186 g/mol. The van der Waals surface area contributed by atoms with Crippen LogP contribution in [0.15, 0.2) is 0 Å². The van der Waals surface area contributed by atoms with Gasteiger partial charge < -0.3 is 2.85 Å². The molecule has 0 aliphatic carbocycles. The molecular formula is H9CuGaMgSi. The Bertz CT molecular complexity index is 13.5. The molecule has 0 saturated heterocycles. The van der Waals surface area contributed by atoms with E-state index in [-0.39, 0.29) is 73.7 Å². The Morgan fingerprint density at radius 2 is 1.25 bits per heavy atom. The summed E-state index contributed by atoms with van der Waals surface area (Å²) < 4.78 is 0.